The fourth-order valence-electron chi connectivity index (χ4n) is 3.18. The van der Waals surface area contributed by atoms with Crippen LogP contribution in [0.4, 0.5) is 0 Å². The van der Waals surface area contributed by atoms with Gasteiger partial charge in [-0.1, -0.05) is 83.3 Å². The van der Waals surface area contributed by atoms with Crippen molar-refractivity contribution in [2.75, 3.05) is 6.61 Å². The molecule has 0 amide bonds. The predicted octanol–water partition coefficient (Wildman–Crippen LogP) is 3.24. The van der Waals surface area contributed by atoms with Crippen molar-refractivity contribution in [3.8, 4) is 0 Å². The lowest BCUT2D eigenvalue weighted by Crippen LogP contribution is -2.61. The molecule has 11 heteroatoms. The number of carbonyl (C=O) groups excluding carboxylic acids is 1. The van der Waals surface area contributed by atoms with E-state index in [2.05, 4.69) is 0 Å². The third kappa shape index (κ3) is 6.80. The summed E-state index contributed by atoms with van der Waals surface area (Å²) in [5.74, 6) is -1.59. The van der Waals surface area contributed by atoms with Crippen molar-refractivity contribution in [1.29, 1.82) is 5.41 Å². The highest BCUT2D eigenvalue weighted by atomic mass is 35.6. The normalized spacial score (nSPS) is 25.3. The summed E-state index contributed by atoms with van der Waals surface area (Å²) in [6.07, 6.45) is -6.69. The third-order valence-corrected chi connectivity index (χ3v) is 5.34. The van der Waals surface area contributed by atoms with Gasteiger partial charge in [0.25, 0.3) is 3.79 Å². The fourth-order valence-corrected chi connectivity index (χ4v) is 3.32. The first-order chi connectivity index (χ1) is 15.7. The number of nitrogens with one attached hydrogen (secondary N) is 1. The molecule has 2 aromatic rings. The molecule has 1 heterocycles. The molecular weight excluding hydrogens is 497 g/mol. The van der Waals surface area contributed by atoms with E-state index in [0.29, 0.717) is 0 Å². The van der Waals surface area contributed by atoms with E-state index in [4.69, 9.17) is 59.2 Å². The molecule has 0 spiro atoms. The number of rotatable bonds is 7. The molecule has 0 saturated carbocycles. The summed E-state index contributed by atoms with van der Waals surface area (Å²) < 4.78 is 20.0. The zero-order valence-corrected chi connectivity index (χ0v) is 19.4. The van der Waals surface area contributed by atoms with Crippen molar-refractivity contribution in [3.05, 3.63) is 71.8 Å². The fraction of sp³-hybridized carbons (Fsp3) is 0.364. The highest BCUT2D eigenvalue weighted by Gasteiger charge is 2.50. The molecule has 33 heavy (non-hydrogen) atoms. The number of esters is 1. The number of hydrogen-bond donors (Lipinski definition) is 3. The molecule has 0 aliphatic carbocycles. The average Bonchev–Trinajstić information content (AvgIpc) is 2.81. The summed E-state index contributed by atoms with van der Waals surface area (Å²) in [7, 11) is 0. The zero-order valence-electron chi connectivity index (χ0n) is 17.1. The molecule has 8 nitrogen and oxygen atoms in total. The van der Waals surface area contributed by atoms with Gasteiger partial charge in [0.1, 0.15) is 18.3 Å². The largest absolute Gasteiger partial charge is 0.449 e. The summed E-state index contributed by atoms with van der Waals surface area (Å²) in [6, 6.07) is 17.2. The lowest BCUT2D eigenvalue weighted by atomic mass is 9.98. The molecule has 0 bridgehead atoms. The maximum Gasteiger partial charge on any atom is 0.338 e. The minimum atomic E-state index is -2.22. The average molecular weight is 519 g/mol. The Bertz CT molecular complexity index is 927. The van der Waals surface area contributed by atoms with Crippen molar-refractivity contribution in [2.24, 2.45) is 0 Å². The summed E-state index contributed by atoms with van der Waals surface area (Å²) in [5, 5.41) is 28.7. The highest BCUT2D eigenvalue weighted by molar-refractivity contribution is 6.76. The molecule has 0 radical (unpaired) electrons. The number of hydrogen-bond acceptors (Lipinski definition) is 8. The first-order valence-electron chi connectivity index (χ1n) is 9.89. The number of ether oxygens (including phenoxy) is 4. The van der Waals surface area contributed by atoms with E-state index in [1.165, 1.54) is 12.1 Å². The predicted molar refractivity (Wildman–Crippen MR) is 122 cm³/mol. The summed E-state index contributed by atoms with van der Waals surface area (Å²) in [6.45, 7) is -0.464. The van der Waals surface area contributed by atoms with E-state index in [-0.39, 0.29) is 12.2 Å². The van der Waals surface area contributed by atoms with Crippen LogP contribution < -0.4 is 0 Å². The van der Waals surface area contributed by atoms with Gasteiger partial charge in [0.15, 0.2) is 6.10 Å². The summed E-state index contributed by atoms with van der Waals surface area (Å²) in [5.41, 5.74) is 1.03. The summed E-state index contributed by atoms with van der Waals surface area (Å²) in [4.78, 5) is 12.7. The number of carbonyl (C=O) groups is 1. The number of alkyl halides is 3. The van der Waals surface area contributed by atoms with E-state index in [1.54, 1.807) is 18.2 Å². The van der Waals surface area contributed by atoms with Crippen LogP contribution in [0.3, 0.4) is 0 Å². The van der Waals surface area contributed by atoms with Crippen LogP contribution in [-0.4, -0.2) is 63.2 Å². The lowest BCUT2D eigenvalue weighted by molar-refractivity contribution is -0.290. The SMILES string of the molecule is N=C(O[C@H]1OC(CO)[C@H](OCc2ccccc2)[C@H](O)C1OC(=O)c1ccccc1)C(Cl)(Cl)Cl. The Morgan fingerprint density at radius 3 is 2.18 bits per heavy atom. The van der Waals surface area contributed by atoms with Crippen LogP contribution in [0, 0.1) is 5.41 Å². The van der Waals surface area contributed by atoms with Gasteiger partial charge in [-0.3, -0.25) is 5.41 Å². The van der Waals surface area contributed by atoms with Crippen LogP contribution >= 0.6 is 34.8 Å². The number of aliphatic hydroxyl groups excluding tert-OH is 2. The second kappa shape index (κ2) is 11.5. The minimum Gasteiger partial charge on any atom is -0.449 e. The lowest BCUT2D eigenvalue weighted by Gasteiger charge is -2.43. The zero-order chi connectivity index (χ0) is 24.0. The van der Waals surface area contributed by atoms with Crippen LogP contribution in [0.2, 0.25) is 0 Å². The smallest absolute Gasteiger partial charge is 0.338 e. The van der Waals surface area contributed by atoms with E-state index in [0.717, 1.165) is 5.56 Å². The van der Waals surface area contributed by atoms with E-state index in [1.807, 2.05) is 30.3 Å². The molecule has 2 aromatic carbocycles. The molecule has 3 N–H and O–H groups in total. The Balaban J connectivity index is 1.83. The number of halogens is 3. The van der Waals surface area contributed by atoms with Gasteiger partial charge in [-0.25, -0.2) is 4.79 Å². The third-order valence-electron chi connectivity index (χ3n) is 4.83. The van der Waals surface area contributed by atoms with Crippen molar-refractivity contribution in [2.45, 2.75) is 41.1 Å². The quantitative estimate of drug-likeness (QED) is 0.223. The van der Waals surface area contributed by atoms with Crippen LogP contribution in [0.15, 0.2) is 60.7 Å². The number of benzene rings is 2. The van der Waals surface area contributed by atoms with Gasteiger partial charge >= 0.3 is 5.97 Å². The molecular formula is C22H22Cl3NO7. The first kappa shape index (κ1) is 25.7. The van der Waals surface area contributed by atoms with Crippen molar-refractivity contribution in [3.63, 3.8) is 0 Å². The van der Waals surface area contributed by atoms with Crippen molar-refractivity contribution in [1.82, 2.24) is 0 Å². The summed E-state index contributed by atoms with van der Waals surface area (Å²) >= 11 is 17.1. The van der Waals surface area contributed by atoms with Crippen LogP contribution in [0.25, 0.3) is 0 Å². The standard InChI is InChI=1S/C22H22Cl3NO7/c23-22(24,25)21(26)33-20-18(32-19(29)14-9-5-2-6-10-14)16(28)17(15(11-27)31-20)30-12-13-7-3-1-4-8-13/h1-10,15-18,20,26-28H,11-12H2/t15?,16-,17-,18?,20+/m0/s1. The monoisotopic (exact) mass is 517 g/mol. The first-order valence-corrected chi connectivity index (χ1v) is 11.0. The molecule has 1 saturated heterocycles. The second-order valence-corrected chi connectivity index (χ2v) is 9.44. The van der Waals surface area contributed by atoms with E-state index < -0.39 is 53.0 Å². The van der Waals surface area contributed by atoms with Gasteiger partial charge in [0.05, 0.1) is 18.8 Å². The Kier molecular flexibility index (Phi) is 8.95. The van der Waals surface area contributed by atoms with Gasteiger partial charge in [0.2, 0.25) is 12.2 Å². The Morgan fingerprint density at radius 2 is 1.61 bits per heavy atom. The molecule has 2 unspecified atom stereocenters. The maximum absolute atomic E-state index is 12.7. The van der Waals surface area contributed by atoms with Crippen LogP contribution in [0.5, 0.6) is 0 Å². The van der Waals surface area contributed by atoms with Gasteiger partial charge in [0, 0.05) is 0 Å². The van der Waals surface area contributed by atoms with Crippen LogP contribution in [0.1, 0.15) is 15.9 Å². The van der Waals surface area contributed by atoms with Gasteiger partial charge < -0.3 is 29.2 Å². The van der Waals surface area contributed by atoms with Gasteiger partial charge in [-0.15, -0.1) is 0 Å². The van der Waals surface area contributed by atoms with Crippen LogP contribution in [-0.2, 0) is 25.6 Å². The molecule has 3 rings (SSSR count). The van der Waals surface area contributed by atoms with Gasteiger partial charge in [-0.05, 0) is 17.7 Å². The molecule has 1 fully saturated rings. The Labute approximate surface area is 205 Å². The van der Waals surface area contributed by atoms with Gasteiger partial charge in [-0.2, -0.15) is 0 Å². The Hall–Kier alpha value is -1.91. The van der Waals surface area contributed by atoms with Crippen molar-refractivity contribution < 1.29 is 34.0 Å². The molecule has 5 atom stereocenters. The van der Waals surface area contributed by atoms with Crippen molar-refractivity contribution >= 4 is 46.7 Å². The molecule has 178 valence electrons. The Morgan fingerprint density at radius 1 is 1.00 bits per heavy atom. The minimum absolute atomic E-state index is 0.0945. The highest BCUT2D eigenvalue weighted by Crippen LogP contribution is 2.32. The van der Waals surface area contributed by atoms with E-state index in [9.17, 15) is 15.0 Å². The second-order valence-electron chi connectivity index (χ2n) is 7.16. The van der Waals surface area contributed by atoms with E-state index >= 15 is 0 Å². The number of aliphatic hydroxyl groups is 2. The maximum atomic E-state index is 12.7. The molecule has 1 aliphatic rings. The molecule has 0 aromatic heterocycles. The topological polar surface area (TPSA) is 118 Å². The molecule has 1 aliphatic heterocycles.